The number of carboxylic acids is 2. The van der Waals surface area contributed by atoms with E-state index in [9.17, 15) is 31.4 Å². The molecule has 3 aromatic rings. The lowest BCUT2D eigenvalue weighted by Gasteiger charge is -2.39. The first kappa shape index (κ1) is 34.7. The van der Waals surface area contributed by atoms with Crippen molar-refractivity contribution in [3.8, 4) is 11.3 Å². The van der Waals surface area contributed by atoms with Crippen molar-refractivity contribution < 1.29 is 51.3 Å². The van der Waals surface area contributed by atoms with Crippen molar-refractivity contribution >= 4 is 23.5 Å². The fourth-order valence-electron chi connectivity index (χ4n) is 5.27. The summed E-state index contributed by atoms with van der Waals surface area (Å²) in [6, 6.07) is 17.2. The quantitative estimate of drug-likeness (QED) is 0.245. The number of aliphatic hydroxyl groups excluding tert-OH is 1. The summed E-state index contributed by atoms with van der Waals surface area (Å²) in [7, 11) is 0. The number of piperidine rings is 1. The summed E-state index contributed by atoms with van der Waals surface area (Å²) < 4.78 is 63.5. The van der Waals surface area contributed by atoms with Gasteiger partial charge in [-0.1, -0.05) is 54.9 Å². The molecule has 0 radical (unpaired) electrons. The van der Waals surface area contributed by atoms with Gasteiger partial charge in [0.2, 0.25) is 0 Å². The van der Waals surface area contributed by atoms with Crippen LogP contribution in [-0.2, 0) is 15.0 Å². The minimum Gasteiger partial charge on any atom is -0.475 e. The smallest absolute Gasteiger partial charge is 0.475 e. The fourth-order valence-corrected chi connectivity index (χ4v) is 5.39. The third-order valence-corrected chi connectivity index (χ3v) is 7.60. The molecular weight excluding hydrogens is 620 g/mol. The maximum atomic E-state index is 10.6. The van der Waals surface area contributed by atoms with Crippen LogP contribution in [0.15, 0.2) is 54.9 Å². The lowest BCUT2D eigenvalue weighted by atomic mass is 9.68. The van der Waals surface area contributed by atoms with Gasteiger partial charge < -0.3 is 20.6 Å². The van der Waals surface area contributed by atoms with Crippen molar-refractivity contribution in [2.45, 2.75) is 56.0 Å². The van der Waals surface area contributed by atoms with Crippen LogP contribution >= 0.6 is 11.6 Å². The maximum absolute atomic E-state index is 10.6. The first-order chi connectivity index (χ1) is 20.5. The topological polar surface area (TPSA) is 133 Å². The van der Waals surface area contributed by atoms with E-state index in [0.29, 0.717) is 6.42 Å². The monoisotopic (exact) mass is 647 g/mol. The molecule has 0 amide bonds. The first-order valence-electron chi connectivity index (χ1n) is 13.2. The van der Waals surface area contributed by atoms with E-state index in [1.807, 2.05) is 12.1 Å². The number of halogens is 7. The molecule has 0 unspecified atom stereocenters. The number of nitrogens with one attached hydrogen (secondary N) is 1. The Balaban J connectivity index is 0.000000317. The van der Waals surface area contributed by atoms with Gasteiger partial charge in [-0.2, -0.15) is 26.3 Å². The van der Waals surface area contributed by atoms with Crippen LogP contribution in [0, 0.1) is 0 Å². The molecule has 238 valence electrons. The van der Waals surface area contributed by atoms with E-state index >= 15 is 0 Å². The van der Waals surface area contributed by atoms with E-state index in [0.717, 1.165) is 53.5 Å². The molecule has 5 rings (SSSR count). The Kier molecular flexibility index (Phi) is 11.0. The Morgan fingerprint density at radius 3 is 1.77 bits per heavy atom. The molecule has 2 aromatic carbocycles. The zero-order chi connectivity index (χ0) is 32.9. The van der Waals surface area contributed by atoms with Crippen LogP contribution in [0.1, 0.15) is 60.6 Å². The molecular formula is C29H28ClF6N3O5. The van der Waals surface area contributed by atoms with Gasteiger partial charge in [0.25, 0.3) is 0 Å². The SMILES string of the molecule is C[C@@H]1C[C@@H](O)c2ncnc(-c3ccc(C4(c5ccc(Cl)cc5)CCNCC4)cc3)c21.O=C(O)C(F)(F)F.O=C(O)C(F)(F)F. The number of carbonyl (C=O) groups is 2. The van der Waals surface area contributed by atoms with Gasteiger partial charge in [0.1, 0.15) is 6.33 Å². The second-order valence-corrected chi connectivity index (χ2v) is 10.6. The molecule has 8 nitrogen and oxygen atoms in total. The average Bonchev–Trinajstić information content (AvgIpc) is 3.26. The molecule has 1 fully saturated rings. The van der Waals surface area contributed by atoms with Crippen molar-refractivity contribution in [3.63, 3.8) is 0 Å². The van der Waals surface area contributed by atoms with Crippen LogP contribution < -0.4 is 5.32 Å². The molecule has 0 spiro atoms. The van der Waals surface area contributed by atoms with Crippen molar-refractivity contribution in [3.05, 3.63) is 82.3 Å². The largest absolute Gasteiger partial charge is 0.490 e. The summed E-state index contributed by atoms with van der Waals surface area (Å²) in [5, 5.41) is 28.8. The molecule has 1 aliphatic heterocycles. The minimum absolute atomic E-state index is 0.00846. The normalized spacial score (nSPS) is 19.0. The number of carboxylic acid groups (broad SMARTS) is 2. The molecule has 15 heteroatoms. The standard InChI is InChI=1S/C25H26ClN3O.2C2HF3O2/c1-16-14-21(30)24-22(16)23(28-15-29-24)17-2-4-18(5-3-17)25(10-12-27-13-11-25)19-6-8-20(26)9-7-19;2*3-2(4,5)1(6)7/h2-9,15-16,21,27,30H,10-14H2,1H3;2*(H,6,7)/t16-,21-;;/m1../s1. The predicted octanol–water partition coefficient (Wildman–Crippen LogP) is 6.27. The zero-order valence-corrected chi connectivity index (χ0v) is 23.8. The lowest BCUT2D eigenvalue weighted by molar-refractivity contribution is -0.193. The molecule has 44 heavy (non-hydrogen) atoms. The van der Waals surface area contributed by atoms with Crippen LogP contribution in [0.4, 0.5) is 26.3 Å². The van der Waals surface area contributed by atoms with Gasteiger partial charge in [-0.25, -0.2) is 19.6 Å². The Labute approximate surface area is 252 Å². The molecule has 2 heterocycles. The van der Waals surface area contributed by atoms with Crippen molar-refractivity contribution in [1.82, 2.24) is 15.3 Å². The fraction of sp³-hybridized carbons (Fsp3) is 0.379. The van der Waals surface area contributed by atoms with Crippen LogP contribution in [0.25, 0.3) is 11.3 Å². The van der Waals surface area contributed by atoms with E-state index in [2.05, 4.69) is 58.6 Å². The molecule has 1 saturated heterocycles. The molecule has 1 aliphatic carbocycles. The first-order valence-corrected chi connectivity index (χ1v) is 13.6. The number of hydrogen-bond acceptors (Lipinski definition) is 6. The third kappa shape index (κ3) is 8.24. The summed E-state index contributed by atoms with van der Waals surface area (Å²) in [5.41, 5.74) is 6.54. The number of benzene rings is 2. The van der Waals surface area contributed by atoms with Crippen LogP contribution in [0.3, 0.4) is 0 Å². The lowest BCUT2D eigenvalue weighted by Crippen LogP contribution is -2.40. The number of alkyl halides is 6. The summed E-state index contributed by atoms with van der Waals surface area (Å²) in [6.45, 7) is 4.14. The zero-order valence-electron chi connectivity index (χ0n) is 23.1. The van der Waals surface area contributed by atoms with Gasteiger partial charge in [-0.05, 0) is 61.5 Å². The van der Waals surface area contributed by atoms with Crippen molar-refractivity contribution in [2.24, 2.45) is 0 Å². The Bertz CT molecular complexity index is 1420. The van der Waals surface area contributed by atoms with E-state index in [-0.39, 0.29) is 11.3 Å². The van der Waals surface area contributed by atoms with Crippen LogP contribution in [0.5, 0.6) is 0 Å². The van der Waals surface area contributed by atoms with Gasteiger partial charge in [0, 0.05) is 21.6 Å². The van der Waals surface area contributed by atoms with E-state index < -0.39 is 30.4 Å². The number of aromatic nitrogens is 2. The van der Waals surface area contributed by atoms with Gasteiger partial charge >= 0.3 is 24.3 Å². The Morgan fingerprint density at radius 2 is 1.32 bits per heavy atom. The van der Waals surface area contributed by atoms with Crippen LogP contribution in [-0.4, -0.2) is 62.7 Å². The van der Waals surface area contributed by atoms with Crippen molar-refractivity contribution in [1.29, 1.82) is 0 Å². The average molecular weight is 648 g/mol. The number of hydrogen-bond donors (Lipinski definition) is 4. The Hall–Kier alpha value is -3.75. The predicted molar refractivity (Wildman–Crippen MR) is 147 cm³/mol. The summed E-state index contributed by atoms with van der Waals surface area (Å²) in [4.78, 5) is 26.7. The Morgan fingerprint density at radius 1 is 0.864 bits per heavy atom. The van der Waals surface area contributed by atoms with Crippen molar-refractivity contribution in [2.75, 3.05) is 13.1 Å². The van der Waals surface area contributed by atoms with Gasteiger partial charge in [-0.15, -0.1) is 0 Å². The van der Waals surface area contributed by atoms with E-state index in [4.69, 9.17) is 31.4 Å². The molecule has 2 aliphatic rings. The molecule has 0 bridgehead atoms. The third-order valence-electron chi connectivity index (χ3n) is 7.35. The highest BCUT2D eigenvalue weighted by molar-refractivity contribution is 6.30. The number of nitrogens with zero attached hydrogens (tertiary/aromatic N) is 2. The number of aliphatic hydroxyl groups is 1. The molecule has 4 N–H and O–H groups in total. The van der Waals surface area contributed by atoms with Gasteiger partial charge in [0.15, 0.2) is 0 Å². The van der Waals surface area contributed by atoms with Gasteiger partial charge in [-0.3, -0.25) is 0 Å². The summed E-state index contributed by atoms with van der Waals surface area (Å²) >= 11 is 6.16. The minimum atomic E-state index is -5.08. The molecule has 2 atom stereocenters. The maximum Gasteiger partial charge on any atom is 0.490 e. The highest BCUT2D eigenvalue weighted by Gasteiger charge is 2.39. The summed E-state index contributed by atoms with van der Waals surface area (Å²) in [5.74, 6) is -5.25. The summed E-state index contributed by atoms with van der Waals surface area (Å²) in [6.07, 6.45) is -6.25. The second kappa shape index (κ2) is 13.9. The number of aliphatic carboxylic acids is 2. The molecule has 1 aromatic heterocycles. The van der Waals surface area contributed by atoms with Gasteiger partial charge in [0.05, 0.1) is 17.5 Å². The van der Waals surface area contributed by atoms with E-state index in [1.54, 1.807) is 6.33 Å². The highest BCUT2D eigenvalue weighted by atomic mass is 35.5. The highest BCUT2D eigenvalue weighted by Crippen LogP contribution is 2.44. The number of fused-ring (bicyclic) bond motifs is 1. The van der Waals surface area contributed by atoms with Crippen LogP contribution in [0.2, 0.25) is 5.02 Å². The number of rotatable bonds is 3. The van der Waals surface area contributed by atoms with E-state index in [1.165, 1.54) is 11.1 Å². The molecule has 0 saturated carbocycles. The second-order valence-electron chi connectivity index (χ2n) is 10.2.